The maximum absolute atomic E-state index is 12.7. The molecular formula is C14H23NOS. The maximum Gasteiger partial charge on any atom is 0.192 e. The fraction of sp³-hybridized carbons (Fsp3) is 0.643. The molecular weight excluding hydrogens is 230 g/mol. The second kappa shape index (κ2) is 5.78. The molecule has 0 aliphatic heterocycles. The van der Waals surface area contributed by atoms with Gasteiger partial charge < -0.3 is 0 Å². The van der Waals surface area contributed by atoms with Gasteiger partial charge in [-0.1, -0.05) is 20.8 Å². The van der Waals surface area contributed by atoms with Gasteiger partial charge in [0.25, 0.3) is 0 Å². The van der Waals surface area contributed by atoms with Gasteiger partial charge in [0.15, 0.2) is 5.78 Å². The maximum atomic E-state index is 12.7. The lowest BCUT2D eigenvalue weighted by Gasteiger charge is -2.38. The highest BCUT2D eigenvalue weighted by Crippen LogP contribution is 2.28. The molecule has 0 N–H and O–H groups in total. The number of ketones is 1. The smallest absolute Gasteiger partial charge is 0.192 e. The minimum atomic E-state index is -0.362. The molecule has 0 spiro atoms. The number of carbonyl (C=O) groups excluding carboxylic acids is 1. The van der Waals surface area contributed by atoms with Crippen molar-refractivity contribution in [2.45, 2.75) is 46.6 Å². The van der Waals surface area contributed by atoms with E-state index in [1.807, 2.05) is 18.4 Å². The predicted molar refractivity (Wildman–Crippen MR) is 75.0 cm³/mol. The molecule has 3 heteroatoms. The van der Waals surface area contributed by atoms with Gasteiger partial charge in [0.1, 0.15) is 0 Å². The van der Waals surface area contributed by atoms with Gasteiger partial charge in [-0.2, -0.15) is 0 Å². The van der Waals surface area contributed by atoms with E-state index in [4.69, 9.17) is 0 Å². The molecule has 1 heterocycles. The van der Waals surface area contributed by atoms with Gasteiger partial charge in [-0.05, 0) is 50.4 Å². The first kappa shape index (κ1) is 14.4. The quantitative estimate of drug-likeness (QED) is 0.720. The first-order chi connectivity index (χ1) is 8.01. The highest BCUT2D eigenvalue weighted by atomic mass is 32.1. The lowest BCUT2D eigenvalue weighted by Crippen LogP contribution is -2.51. The summed E-state index contributed by atoms with van der Waals surface area (Å²) in [5.41, 5.74) is 0.742. The van der Waals surface area contributed by atoms with E-state index in [2.05, 4.69) is 32.6 Å². The molecule has 0 aliphatic carbocycles. The fourth-order valence-electron chi connectivity index (χ4n) is 2.30. The predicted octanol–water partition coefficient (Wildman–Crippen LogP) is 3.75. The summed E-state index contributed by atoms with van der Waals surface area (Å²) in [6.45, 7) is 12.2. The molecule has 0 bridgehead atoms. The van der Waals surface area contributed by atoms with Crippen molar-refractivity contribution in [3.8, 4) is 0 Å². The Balaban J connectivity index is 3.09. The van der Waals surface area contributed by atoms with Crippen LogP contribution in [0.2, 0.25) is 0 Å². The van der Waals surface area contributed by atoms with E-state index in [1.54, 1.807) is 11.3 Å². The summed E-state index contributed by atoms with van der Waals surface area (Å²) in [5, 5.41) is 2.00. The number of likely N-dealkylation sites (N-methyl/N-ethyl adjacent to an activating group) is 1. The van der Waals surface area contributed by atoms with E-state index >= 15 is 0 Å². The lowest BCUT2D eigenvalue weighted by atomic mass is 9.89. The number of thiophene rings is 1. The van der Waals surface area contributed by atoms with Crippen LogP contribution in [0, 0.1) is 6.92 Å². The van der Waals surface area contributed by atoms with Crippen LogP contribution < -0.4 is 0 Å². The number of hydrogen-bond acceptors (Lipinski definition) is 3. The van der Waals surface area contributed by atoms with Crippen LogP contribution in [0.3, 0.4) is 0 Å². The number of Topliss-reactive ketones (excluding diaryl/α,β-unsaturated/α-hetero) is 1. The lowest BCUT2D eigenvalue weighted by molar-refractivity contribution is 0.0611. The van der Waals surface area contributed by atoms with E-state index in [1.165, 1.54) is 0 Å². The molecule has 1 rings (SSSR count). The molecule has 0 amide bonds. The second-order valence-corrected chi connectivity index (χ2v) is 5.48. The van der Waals surface area contributed by atoms with Crippen molar-refractivity contribution < 1.29 is 4.79 Å². The Morgan fingerprint density at radius 2 is 1.94 bits per heavy atom. The zero-order chi connectivity index (χ0) is 13.1. The third kappa shape index (κ3) is 2.61. The highest BCUT2D eigenvalue weighted by molar-refractivity contribution is 7.12. The van der Waals surface area contributed by atoms with Crippen LogP contribution >= 0.6 is 11.3 Å². The summed E-state index contributed by atoms with van der Waals surface area (Å²) in [5.74, 6) is 0.274. The van der Waals surface area contributed by atoms with Crippen molar-refractivity contribution in [3.05, 3.63) is 21.9 Å². The number of aryl methyl sites for hydroxylation is 1. The average molecular weight is 253 g/mol. The topological polar surface area (TPSA) is 20.3 Å². The summed E-state index contributed by atoms with van der Waals surface area (Å²) in [7, 11) is 0. The van der Waals surface area contributed by atoms with Crippen LogP contribution in [0.4, 0.5) is 0 Å². The van der Waals surface area contributed by atoms with Crippen LogP contribution in [0.1, 0.15) is 49.4 Å². The standard InChI is InChI=1S/C14H23NOS/c1-6-14(5,15(7-2)8-3)13(16)12-11(4)9-10-17-12/h9-10H,6-8H2,1-5H3. The zero-order valence-corrected chi connectivity index (χ0v) is 12.4. The monoisotopic (exact) mass is 253 g/mol. The van der Waals surface area contributed by atoms with Crippen molar-refractivity contribution >= 4 is 17.1 Å². The third-order valence-corrected chi connectivity index (χ3v) is 4.72. The average Bonchev–Trinajstić information content (AvgIpc) is 2.75. The van der Waals surface area contributed by atoms with E-state index in [9.17, 15) is 4.79 Å². The zero-order valence-electron chi connectivity index (χ0n) is 11.5. The Hall–Kier alpha value is -0.670. The Labute approximate surface area is 109 Å². The summed E-state index contributed by atoms with van der Waals surface area (Å²) in [6.07, 6.45) is 0.852. The molecule has 1 aromatic rings. The number of nitrogens with zero attached hydrogens (tertiary/aromatic N) is 1. The fourth-order valence-corrected chi connectivity index (χ4v) is 3.29. The Morgan fingerprint density at radius 3 is 2.29 bits per heavy atom. The van der Waals surface area contributed by atoms with Crippen molar-refractivity contribution in [1.29, 1.82) is 0 Å². The Bertz CT molecular complexity index is 381. The third-order valence-electron chi connectivity index (χ3n) is 3.71. The summed E-state index contributed by atoms with van der Waals surface area (Å²) in [4.78, 5) is 15.9. The van der Waals surface area contributed by atoms with Gasteiger partial charge in [-0.25, -0.2) is 0 Å². The van der Waals surface area contributed by atoms with Gasteiger partial charge in [-0.15, -0.1) is 11.3 Å². The molecule has 0 radical (unpaired) electrons. The van der Waals surface area contributed by atoms with Crippen LogP contribution in [0.5, 0.6) is 0 Å². The first-order valence-electron chi connectivity index (χ1n) is 6.35. The van der Waals surface area contributed by atoms with Crippen molar-refractivity contribution in [3.63, 3.8) is 0 Å². The summed E-state index contributed by atoms with van der Waals surface area (Å²) >= 11 is 1.56. The van der Waals surface area contributed by atoms with Gasteiger partial charge >= 0.3 is 0 Å². The van der Waals surface area contributed by atoms with Gasteiger partial charge in [0.2, 0.25) is 0 Å². The van der Waals surface area contributed by atoms with Crippen molar-refractivity contribution in [1.82, 2.24) is 4.90 Å². The molecule has 1 unspecified atom stereocenters. The molecule has 0 saturated heterocycles. The second-order valence-electron chi connectivity index (χ2n) is 4.56. The SMILES string of the molecule is CCN(CC)C(C)(CC)C(=O)c1sccc1C. The molecule has 17 heavy (non-hydrogen) atoms. The molecule has 0 saturated carbocycles. The number of rotatable bonds is 6. The van der Waals surface area contributed by atoms with Crippen LogP contribution in [0.15, 0.2) is 11.4 Å². The molecule has 0 aliphatic rings. The van der Waals surface area contributed by atoms with Gasteiger partial charge in [0.05, 0.1) is 10.4 Å². The molecule has 2 nitrogen and oxygen atoms in total. The molecule has 1 aromatic heterocycles. The van der Waals surface area contributed by atoms with Gasteiger partial charge in [-0.3, -0.25) is 9.69 Å². The molecule has 0 fully saturated rings. The van der Waals surface area contributed by atoms with E-state index in [0.29, 0.717) is 0 Å². The van der Waals surface area contributed by atoms with Gasteiger partial charge in [0, 0.05) is 0 Å². The van der Waals surface area contributed by atoms with Crippen LogP contribution in [0.25, 0.3) is 0 Å². The minimum absolute atomic E-state index is 0.274. The molecule has 0 aromatic carbocycles. The largest absolute Gasteiger partial charge is 0.292 e. The highest BCUT2D eigenvalue weighted by Gasteiger charge is 2.37. The van der Waals surface area contributed by atoms with Crippen molar-refractivity contribution in [2.24, 2.45) is 0 Å². The number of hydrogen-bond donors (Lipinski definition) is 0. The van der Waals surface area contributed by atoms with Crippen molar-refractivity contribution in [2.75, 3.05) is 13.1 Å². The van der Waals surface area contributed by atoms with Crippen LogP contribution in [-0.2, 0) is 0 Å². The summed E-state index contributed by atoms with van der Waals surface area (Å²) in [6, 6.07) is 2.02. The molecule has 96 valence electrons. The summed E-state index contributed by atoms with van der Waals surface area (Å²) < 4.78 is 0. The van der Waals surface area contributed by atoms with E-state index < -0.39 is 0 Å². The normalized spacial score (nSPS) is 14.9. The van der Waals surface area contributed by atoms with E-state index in [-0.39, 0.29) is 11.3 Å². The van der Waals surface area contributed by atoms with E-state index in [0.717, 1.165) is 30.0 Å². The Kier molecular flexibility index (Phi) is 4.90. The Morgan fingerprint density at radius 1 is 1.35 bits per heavy atom. The number of carbonyl (C=O) groups is 1. The van der Waals surface area contributed by atoms with Crippen LogP contribution in [-0.4, -0.2) is 29.3 Å². The molecule has 1 atom stereocenters. The first-order valence-corrected chi connectivity index (χ1v) is 7.23. The minimum Gasteiger partial charge on any atom is -0.292 e.